The van der Waals surface area contributed by atoms with Gasteiger partial charge in [0.05, 0.1) is 10.4 Å². The first-order valence-electron chi connectivity index (χ1n) is 8.86. The standard InChI is InChI=1S/C19H17Cl2N5OS/c20-12-3-4-13(15(21)6-12)16-14(7-22)19(26-5-1-2-11(8-26)9-27)28-17(16)18-23-10-24-25-18/h3-4,6,10-11,27H,1-2,5,8-9H2,(H,23,24,25). The summed E-state index contributed by atoms with van der Waals surface area (Å²) in [5.74, 6) is 0.795. The van der Waals surface area contributed by atoms with Crippen LogP contribution in [0.1, 0.15) is 18.4 Å². The fraction of sp³-hybridized carbons (Fsp3) is 0.316. The number of rotatable bonds is 4. The Balaban J connectivity index is 1.91. The summed E-state index contributed by atoms with van der Waals surface area (Å²) < 4.78 is 0. The van der Waals surface area contributed by atoms with Crippen LogP contribution in [0.4, 0.5) is 5.00 Å². The number of aliphatic hydroxyl groups excluding tert-OH is 1. The Hall–Kier alpha value is -2.11. The van der Waals surface area contributed by atoms with Gasteiger partial charge < -0.3 is 10.0 Å². The number of aromatic amines is 1. The van der Waals surface area contributed by atoms with Crippen LogP contribution in [-0.4, -0.2) is 40.0 Å². The van der Waals surface area contributed by atoms with E-state index in [9.17, 15) is 10.4 Å². The summed E-state index contributed by atoms with van der Waals surface area (Å²) in [6.07, 6.45) is 3.41. The molecule has 1 fully saturated rings. The zero-order valence-corrected chi connectivity index (χ0v) is 17.2. The predicted octanol–water partition coefficient (Wildman–Crippen LogP) is 4.59. The van der Waals surface area contributed by atoms with Gasteiger partial charge in [0.15, 0.2) is 5.82 Å². The van der Waals surface area contributed by atoms with Crippen LogP contribution < -0.4 is 4.90 Å². The molecule has 0 aliphatic carbocycles. The second-order valence-corrected chi connectivity index (χ2v) is 8.54. The van der Waals surface area contributed by atoms with Gasteiger partial charge in [0.1, 0.15) is 17.4 Å². The third-order valence-electron chi connectivity index (χ3n) is 4.90. The van der Waals surface area contributed by atoms with Crippen LogP contribution >= 0.6 is 34.5 Å². The largest absolute Gasteiger partial charge is 0.396 e. The SMILES string of the molecule is N#Cc1c(N2CCCC(CO)C2)sc(-c2ncn[nH]2)c1-c1ccc(Cl)cc1Cl. The third kappa shape index (κ3) is 3.49. The fourth-order valence-corrected chi connectivity index (χ4v) is 5.33. The topological polar surface area (TPSA) is 88.8 Å². The van der Waals surface area contributed by atoms with E-state index in [4.69, 9.17) is 23.2 Å². The molecule has 28 heavy (non-hydrogen) atoms. The molecule has 2 N–H and O–H groups in total. The first-order valence-corrected chi connectivity index (χ1v) is 10.4. The lowest BCUT2D eigenvalue weighted by Gasteiger charge is -2.32. The van der Waals surface area contributed by atoms with Gasteiger partial charge >= 0.3 is 0 Å². The second-order valence-electron chi connectivity index (χ2n) is 6.69. The average molecular weight is 434 g/mol. The number of nitrogens with zero attached hydrogens (tertiary/aromatic N) is 4. The molecule has 1 aromatic carbocycles. The Morgan fingerprint density at radius 1 is 1.39 bits per heavy atom. The summed E-state index contributed by atoms with van der Waals surface area (Å²) >= 11 is 14.0. The molecule has 1 atom stereocenters. The van der Waals surface area contributed by atoms with Crippen molar-refractivity contribution in [3.63, 3.8) is 0 Å². The van der Waals surface area contributed by atoms with Crippen molar-refractivity contribution < 1.29 is 5.11 Å². The Morgan fingerprint density at radius 2 is 2.25 bits per heavy atom. The van der Waals surface area contributed by atoms with Crippen molar-refractivity contribution in [1.82, 2.24) is 15.2 Å². The molecule has 0 radical (unpaired) electrons. The van der Waals surface area contributed by atoms with Gasteiger partial charge in [-0.1, -0.05) is 29.3 Å². The molecule has 3 aromatic rings. The number of thiophene rings is 1. The second kappa shape index (κ2) is 8.10. The number of anilines is 1. The maximum atomic E-state index is 10.0. The van der Waals surface area contributed by atoms with E-state index in [-0.39, 0.29) is 12.5 Å². The van der Waals surface area contributed by atoms with Gasteiger partial charge in [-0.05, 0) is 30.9 Å². The molecule has 4 rings (SSSR count). The molecule has 0 saturated carbocycles. The van der Waals surface area contributed by atoms with Crippen molar-refractivity contribution in [1.29, 1.82) is 5.26 Å². The number of piperidine rings is 1. The molecule has 144 valence electrons. The normalized spacial score (nSPS) is 16.9. The number of H-pyrrole nitrogens is 1. The van der Waals surface area contributed by atoms with E-state index < -0.39 is 0 Å². The number of halogens is 2. The Labute approximate surface area is 176 Å². The first kappa shape index (κ1) is 19.2. The summed E-state index contributed by atoms with van der Waals surface area (Å²) in [4.78, 5) is 7.28. The van der Waals surface area contributed by atoms with Gasteiger partial charge in [-0.3, -0.25) is 5.10 Å². The van der Waals surface area contributed by atoms with E-state index in [0.717, 1.165) is 46.9 Å². The number of aliphatic hydroxyl groups is 1. The summed E-state index contributed by atoms with van der Waals surface area (Å²) in [5, 5.41) is 28.4. The highest BCUT2D eigenvalue weighted by atomic mass is 35.5. The van der Waals surface area contributed by atoms with Gasteiger partial charge in [0, 0.05) is 40.9 Å². The van der Waals surface area contributed by atoms with Crippen LogP contribution in [0.15, 0.2) is 24.5 Å². The highest BCUT2D eigenvalue weighted by Crippen LogP contribution is 2.48. The van der Waals surface area contributed by atoms with E-state index >= 15 is 0 Å². The summed E-state index contributed by atoms with van der Waals surface area (Å²) in [6, 6.07) is 7.62. The smallest absolute Gasteiger partial charge is 0.166 e. The minimum absolute atomic E-state index is 0.147. The molecule has 1 unspecified atom stereocenters. The molecule has 6 nitrogen and oxygen atoms in total. The highest BCUT2D eigenvalue weighted by Gasteiger charge is 2.29. The molecular weight excluding hydrogens is 417 g/mol. The van der Waals surface area contributed by atoms with E-state index in [1.54, 1.807) is 12.1 Å². The Kier molecular flexibility index (Phi) is 5.56. The molecule has 9 heteroatoms. The molecule has 1 aliphatic rings. The van der Waals surface area contributed by atoms with Crippen molar-refractivity contribution in [2.75, 3.05) is 24.6 Å². The van der Waals surface area contributed by atoms with Gasteiger partial charge in [-0.15, -0.1) is 11.3 Å². The summed E-state index contributed by atoms with van der Waals surface area (Å²) in [7, 11) is 0. The number of nitriles is 1. The number of hydrogen-bond acceptors (Lipinski definition) is 6. The number of aromatic nitrogens is 3. The monoisotopic (exact) mass is 433 g/mol. The molecule has 1 aliphatic heterocycles. The summed E-state index contributed by atoms with van der Waals surface area (Å²) in [6.45, 7) is 1.71. The van der Waals surface area contributed by atoms with Gasteiger partial charge in [-0.2, -0.15) is 10.4 Å². The minimum Gasteiger partial charge on any atom is -0.396 e. The Morgan fingerprint density at radius 3 is 2.93 bits per heavy atom. The molecule has 0 bridgehead atoms. The summed E-state index contributed by atoms with van der Waals surface area (Å²) in [5.41, 5.74) is 2.01. The molecule has 3 heterocycles. The zero-order chi connectivity index (χ0) is 19.7. The first-order chi connectivity index (χ1) is 13.6. The van der Waals surface area contributed by atoms with Crippen molar-refractivity contribution in [2.24, 2.45) is 5.92 Å². The fourth-order valence-electron chi connectivity index (χ4n) is 3.57. The molecule has 1 saturated heterocycles. The van der Waals surface area contributed by atoms with Crippen LogP contribution in [0.2, 0.25) is 10.0 Å². The molecule has 2 aromatic heterocycles. The van der Waals surface area contributed by atoms with Gasteiger partial charge in [0.2, 0.25) is 0 Å². The third-order valence-corrected chi connectivity index (χ3v) is 6.70. The van der Waals surface area contributed by atoms with Crippen molar-refractivity contribution in [3.8, 4) is 27.9 Å². The maximum Gasteiger partial charge on any atom is 0.166 e. The quantitative estimate of drug-likeness (QED) is 0.627. The van der Waals surface area contributed by atoms with E-state index in [0.29, 0.717) is 21.4 Å². The molecule has 0 spiro atoms. The number of benzene rings is 1. The zero-order valence-electron chi connectivity index (χ0n) is 14.8. The van der Waals surface area contributed by atoms with Crippen LogP contribution in [0, 0.1) is 17.2 Å². The lowest BCUT2D eigenvalue weighted by Crippen LogP contribution is -2.36. The van der Waals surface area contributed by atoms with Gasteiger partial charge in [-0.25, -0.2) is 4.98 Å². The highest BCUT2D eigenvalue weighted by molar-refractivity contribution is 7.20. The number of hydrogen-bond donors (Lipinski definition) is 2. The maximum absolute atomic E-state index is 10.0. The van der Waals surface area contributed by atoms with Crippen LogP contribution in [0.25, 0.3) is 21.8 Å². The van der Waals surface area contributed by atoms with E-state index in [2.05, 4.69) is 26.2 Å². The van der Waals surface area contributed by atoms with E-state index in [1.807, 2.05) is 6.07 Å². The van der Waals surface area contributed by atoms with Crippen molar-refractivity contribution >= 4 is 39.5 Å². The van der Waals surface area contributed by atoms with E-state index in [1.165, 1.54) is 17.7 Å². The lowest BCUT2D eigenvalue weighted by molar-refractivity contribution is 0.209. The minimum atomic E-state index is 0.147. The van der Waals surface area contributed by atoms with Crippen LogP contribution in [0.5, 0.6) is 0 Å². The van der Waals surface area contributed by atoms with Gasteiger partial charge in [0.25, 0.3) is 0 Å². The molecule has 0 amide bonds. The van der Waals surface area contributed by atoms with Crippen LogP contribution in [-0.2, 0) is 0 Å². The van der Waals surface area contributed by atoms with Crippen molar-refractivity contribution in [2.45, 2.75) is 12.8 Å². The predicted molar refractivity (Wildman–Crippen MR) is 112 cm³/mol. The van der Waals surface area contributed by atoms with Crippen LogP contribution in [0.3, 0.4) is 0 Å². The number of nitrogens with one attached hydrogen (secondary N) is 1. The molecular formula is C19H17Cl2N5OS. The average Bonchev–Trinajstić information content (AvgIpc) is 3.35. The Bertz CT molecular complexity index is 1030. The lowest BCUT2D eigenvalue weighted by atomic mass is 9.97. The van der Waals surface area contributed by atoms with Crippen molar-refractivity contribution in [3.05, 3.63) is 40.1 Å².